The van der Waals surface area contributed by atoms with Gasteiger partial charge in [-0.05, 0) is 70.8 Å². The molecule has 1 aliphatic rings. The van der Waals surface area contributed by atoms with Gasteiger partial charge in [-0.25, -0.2) is 9.98 Å². The lowest BCUT2D eigenvalue weighted by Crippen LogP contribution is -2.36. The Kier molecular flexibility index (Phi) is 7.49. The summed E-state index contributed by atoms with van der Waals surface area (Å²) in [7, 11) is 0. The van der Waals surface area contributed by atoms with Gasteiger partial charge in [0.1, 0.15) is 5.84 Å². The van der Waals surface area contributed by atoms with Crippen molar-refractivity contribution in [2.45, 2.75) is 6.29 Å². The van der Waals surface area contributed by atoms with Crippen molar-refractivity contribution in [1.82, 2.24) is 14.5 Å². The summed E-state index contributed by atoms with van der Waals surface area (Å²) < 4.78 is 4.71. The van der Waals surface area contributed by atoms with Gasteiger partial charge in [-0.1, -0.05) is 152 Å². The number of fused-ring (bicyclic) bond motifs is 6. The third kappa shape index (κ3) is 5.32. The van der Waals surface area contributed by atoms with Crippen LogP contribution in [0.2, 0.25) is 0 Å². The summed E-state index contributed by atoms with van der Waals surface area (Å²) in [5.41, 5.74) is 12.5. The Morgan fingerprint density at radius 2 is 0.875 bits per heavy atom. The second kappa shape index (κ2) is 13.1. The maximum absolute atomic E-state index is 5.24. The molecule has 0 spiro atoms. The van der Waals surface area contributed by atoms with E-state index in [9.17, 15) is 0 Å². The second-order valence-electron chi connectivity index (χ2n) is 14.3. The normalized spacial score (nSPS) is 14.2. The zero-order valence-electron chi connectivity index (χ0n) is 30.4. The lowest BCUT2D eigenvalue weighted by molar-refractivity contribution is 0.516. The molecule has 2 aromatic heterocycles. The maximum atomic E-state index is 5.24. The Morgan fingerprint density at radius 3 is 1.59 bits per heavy atom. The molecule has 0 bridgehead atoms. The van der Waals surface area contributed by atoms with Crippen molar-refractivity contribution in [3.8, 4) is 27.9 Å². The van der Waals surface area contributed by atoms with Gasteiger partial charge in [0.2, 0.25) is 6.29 Å². The number of aromatic nitrogens is 2. The average molecular weight is 718 g/mol. The molecule has 1 atom stereocenters. The van der Waals surface area contributed by atoms with Gasteiger partial charge in [-0.15, -0.1) is 0 Å². The first-order valence-corrected chi connectivity index (χ1v) is 19.0. The van der Waals surface area contributed by atoms with Crippen molar-refractivity contribution >= 4 is 55.3 Å². The molecule has 1 unspecified atom stereocenters. The molecular weight excluding hydrogens is 683 g/mol. The molecule has 0 amide bonds. The molecule has 0 radical (unpaired) electrons. The molecular formula is C51H35N5. The number of rotatable bonds is 6. The van der Waals surface area contributed by atoms with Crippen molar-refractivity contribution in [2.75, 3.05) is 0 Å². The smallest absolute Gasteiger partial charge is 0.204 e. The number of hydrogen-bond acceptors (Lipinski definition) is 3. The van der Waals surface area contributed by atoms with E-state index in [1.165, 1.54) is 54.8 Å². The molecule has 56 heavy (non-hydrogen) atoms. The molecule has 8 aromatic carbocycles. The SMILES string of the molecule is c1ccc(C2=NC(n3c4ccccc4c4cc(-c5ccc6c(c5)c5ccccc5n6-c5cccc(-c6ccccc6)c5)ccc43)NC(c3ccccc3)=N2)cc1. The van der Waals surface area contributed by atoms with E-state index in [0.717, 1.165) is 33.7 Å². The van der Waals surface area contributed by atoms with Crippen LogP contribution >= 0.6 is 0 Å². The molecule has 0 saturated heterocycles. The minimum atomic E-state index is -0.408. The standard InChI is InChI=1S/C51H35N5/c1-4-15-34(16-5-1)37-21-14-22-40(31-37)55-45-25-12-10-23-41(45)43-32-38(27-29-47(43)55)39-28-30-48-44(33-39)42-24-11-13-26-46(42)56(48)51-53-49(35-17-6-2-7-18-35)52-50(54-51)36-19-8-3-9-20-36/h1-33,51H,(H,52,53,54). The summed E-state index contributed by atoms with van der Waals surface area (Å²) in [4.78, 5) is 10.3. The first-order chi connectivity index (χ1) is 27.8. The van der Waals surface area contributed by atoms with E-state index in [2.05, 4.69) is 178 Å². The minimum absolute atomic E-state index is 0.408. The van der Waals surface area contributed by atoms with Gasteiger partial charge in [0.05, 0.1) is 22.1 Å². The topological polar surface area (TPSA) is 46.6 Å². The molecule has 1 aliphatic heterocycles. The summed E-state index contributed by atoms with van der Waals surface area (Å²) in [6, 6.07) is 71.1. The van der Waals surface area contributed by atoms with Crippen molar-refractivity contribution in [1.29, 1.82) is 0 Å². The fraction of sp³-hybridized carbons (Fsp3) is 0.0196. The van der Waals surface area contributed by atoms with E-state index in [-0.39, 0.29) is 0 Å². The molecule has 11 rings (SSSR count). The van der Waals surface area contributed by atoms with Crippen molar-refractivity contribution in [2.24, 2.45) is 9.98 Å². The van der Waals surface area contributed by atoms with Crippen molar-refractivity contribution in [3.05, 3.63) is 211 Å². The lowest BCUT2D eigenvalue weighted by atomic mass is 10.0. The van der Waals surface area contributed by atoms with Crippen LogP contribution in [-0.4, -0.2) is 20.8 Å². The van der Waals surface area contributed by atoms with Gasteiger partial charge in [0.25, 0.3) is 0 Å². The molecule has 5 heteroatoms. The van der Waals surface area contributed by atoms with E-state index in [0.29, 0.717) is 5.84 Å². The maximum Gasteiger partial charge on any atom is 0.204 e. The van der Waals surface area contributed by atoms with Crippen LogP contribution in [0, 0.1) is 0 Å². The van der Waals surface area contributed by atoms with Crippen LogP contribution < -0.4 is 5.32 Å². The van der Waals surface area contributed by atoms with E-state index in [1.54, 1.807) is 0 Å². The Hall–Kier alpha value is -7.50. The minimum Gasteiger partial charge on any atom is -0.331 e. The first-order valence-electron chi connectivity index (χ1n) is 19.0. The fourth-order valence-electron chi connectivity index (χ4n) is 8.36. The summed E-state index contributed by atoms with van der Waals surface area (Å²) >= 11 is 0. The number of nitrogens with one attached hydrogen (secondary N) is 1. The molecule has 3 heterocycles. The molecule has 0 aliphatic carbocycles. The zero-order valence-corrected chi connectivity index (χ0v) is 30.4. The van der Waals surface area contributed by atoms with Crippen LogP contribution in [0.15, 0.2) is 210 Å². The van der Waals surface area contributed by atoms with Crippen LogP contribution in [0.3, 0.4) is 0 Å². The van der Waals surface area contributed by atoms with Gasteiger partial charge >= 0.3 is 0 Å². The van der Waals surface area contributed by atoms with Crippen molar-refractivity contribution < 1.29 is 0 Å². The van der Waals surface area contributed by atoms with Gasteiger partial charge in [0.15, 0.2) is 5.84 Å². The Labute approximate surface area is 324 Å². The zero-order chi connectivity index (χ0) is 37.0. The van der Waals surface area contributed by atoms with E-state index in [4.69, 9.17) is 9.98 Å². The van der Waals surface area contributed by atoms with Gasteiger partial charge in [0, 0.05) is 38.4 Å². The monoisotopic (exact) mass is 717 g/mol. The van der Waals surface area contributed by atoms with E-state index in [1.807, 2.05) is 36.4 Å². The number of nitrogens with zero attached hydrogens (tertiary/aromatic N) is 4. The predicted molar refractivity (Wildman–Crippen MR) is 233 cm³/mol. The number of hydrogen-bond donors (Lipinski definition) is 1. The van der Waals surface area contributed by atoms with E-state index < -0.39 is 6.29 Å². The van der Waals surface area contributed by atoms with Crippen molar-refractivity contribution in [3.63, 3.8) is 0 Å². The second-order valence-corrected chi connectivity index (χ2v) is 14.3. The highest BCUT2D eigenvalue weighted by molar-refractivity contribution is 6.14. The van der Waals surface area contributed by atoms with Crippen LogP contribution in [0.1, 0.15) is 17.4 Å². The summed E-state index contributed by atoms with van der Waals surface area (Å²) in [5, 5.41) is 8.52. The number of amidine groups is 2. The van der Waals surface area contributed by atoms with Crippen LogP contribution in [-0.2, 0) is 0 Å². The third-order valence-corrected chi connectivity index (χ3v) is 11.0. The highest BCUT2D eigenvalue weighted by atomic mass is 15.3. The molecule has 5 nitrogen and oxygen atoms in total. The summed E-state index contributed by atoms with van der Waals surface area (Å²) in [5.74, 6) is 1.50. The number of aliphatic imine (C=N–C) groups is 2. The van der Waals surface area contributed by atoms with Crippen LogP contribution in [0.5, 0.6) is 0 Å². The number of para-hydroxylation sites is 2. The predicted octanol–water partition coefficient (Wildman–Crippen LogP) is 12.2. The van der Waals surface area contributed by atoms with Crippen LogP contribution in [0.25, 0.3) is 71.6 Å². The Bertz CT molecular complexity index is 3150. The lowest BCUT2D eigenvalue weighted by Gasteiger charge is -2.25. The highest BCUT2D eigenvalue weighted by Gasteiger charge is 2.25. The molecule has 0 saturated carbocycles. The largest absolute Gasteiger partial charge is 0.331 e. The highest BCUT2D eigenvalue weighted by Crippen LogP contribution is 2.39. The third-order valence-electron chi connectivity index (χ3n) is 11.0. The molecule has 1 N–H and O–H groups in total. The van der Waals surface area contributed by atoms with E-state index >= 15 is 0 Å². The molecule has 10 aromatic rings. The molecule has 264 valence electrons. The summed E-state index contributed by atoms with van der Waals surface area (Å²) in [6.45, 7) is 0. The molecule has 0 fully saturated rings. The van der Waals surface area contributed by atoms with Gasteiger partial charge in [-0.3, -0.25) is 0 Å². The first kappa shape index (κ1) is 32.0. The fourth-order valence-corrected chi connectivity index (χ4v) is 8.36. The Morgan fingerprint density at radius 1 is 0.375 bits per heavy atom. The Balaban J connectivity index is 1.04. The van der Waals surface area contributed by atoms with Gasteiger partial charge in [-0.2, -0.15) is 0 Å². The number of benzene rings is 8. The average Bonchev–Trinajstić information content (AvgIpc) is 3.79. The van der Waals surface area contributed by atoms with Gasteiger partial charge < -0.3 is 14.5 Å². The summed E-state index contributed by atoms with van der Waals surface area (Å²) in [6.07, 6.45) is -0.408. The quantitative estimate of drug-likeness (QED) is 0.183. The van der Waals surface area contributed by atoms with Crippen LogP contribution in [0.4, 0.5) is 0 Å².